The van der Waals surface area contributed by atoms with Crippen molar-refractivity contribution >= 4 is 27.2 Å². The Balaban J connectivity index is 2.34. The summed E-state index contributed by atoms with van der Waals surface area (Å²) in [6.45, 7) is -0.115. The van der Waals surface area contributed by atoms with Gasteiger partial charge < -0.3 is 10.3 Å². The summed E-state index contributed by atoms with van der Waals surface area (Å²) < 4.78 is 45.0. The van der Waals surface area contributed by atoms with Crippen LogP contribution in [0.25, 0.3) is 0 Å². The third-order valence-corrected chi connectivity index (χ3v) is 4.09. The van der Waals surface area contributed by atoms with E-state index >= 15 is 0 Å². The van der Waals surface area contributed by atoms with Crippen molar-refractivity contribution in [3.05, 3.63) is 47.6 Å². The zero-order valence-corrected chi connectivity index (χ0v) is 11.7. The molecule has 106 valence electrons. The molecule has 0 aliphatic carbocycles. The number of nitrogens with two attached hydrogens (primary N) is 1. The van der Waals surface area contributed by atoms with E-state index in [0.717, 1.165) is 6.07 Å². The highest BCUT2D eigenvalue weighted by atomic mass is 32.2. The minimum atomic E-state index is -3.98. The molecule has 9 heteroatoms. The van der Waals surface area contributed by atoms with Crippen molar-refractivity contribution in [1.29, 1.82) is 0 Å². The van der Waals surface area contributed by atoms with E-state index in [1.165, 1.54) is 24.4 Å². The van der Waals surface area contributed by atoms with E-state index in [0.29, 0.717) is 5.76 Å². The first-order valence-electron chi connectivity index (χ1n) is 5.39. The van der Waals surface area contributed by atoms with Gasteiger partial charge in [-0.05, 0) is 12.1 Å². The van der Waals surface area contributed by atoms with Gasteiger partial charge in [0.2, 0.25) is 10.0 Å². The lowest BCUT2D eigenvalue weighted by Gasteiger charge is -2.10. The van der Waals surface area contributed by atoms with Crippen LogP contribution in [0.3, 0.4) is 0 Å². The summed E-state index contributed by atoms with van der Waals surface area (Å²) in [4.78, 5) is -0.646. The molecule has 0 aliphatic rings. The molecule has 0 atom stereocenters. The van der Waals surface area contributed by atoms with Crippen LogP contribution in [0.4, 0.5) is 4.39 Å². The number of benzene rings is 1. The van der Waals surface area contributed by atoms with Gasteiger partial charge >= 0.3 is 0 Å². The fraction of sp³-hybridized carbons (Fsp3) is 0.0909. The second-order valence-corrected chi connectivity index (χ2v) is 5.96. The number of halogens is 1. The Bertz CT molecular complexity index is 729. The van der Waals surface area contributed by atoms with Crippen LogP contribution >= 0.6 is 12.2 Å². The van der Waals surface area contributed by atoms with Crippen LogP contribution in [0.1, 0.15) is 11.3 Å². The highest BCUT2D eigenvalue weighted by Gasteiger charge is 2.22. The van der Waals surface area contributed by atoms with Gasteiger partial charge in [0.25, 0.3) is 0 Å². The number of hydrogen-bond acceptors (Lipinski definition) is 5. The summed E-state index contributed by atoms with van der Waals surface area (Å²) in [5.74, 6) is -0.470. The lowest BCUT2D eigenvalue weighted by molar-refractivity contribution is 0.380. The summed E-state index contributed by atoms with van der Waals surface area (Å²) in [7, 11) is -3.98. The van der Waals surface area contributed by atoms with E-state index in [4.69, 9.17) is 10.3 Å². The van der Waals surface area contributed by atoms with E-state index in [1.807, 2.05) is 0 Å². The van der Waals surface area contributed by atoms with Gasteiger partial charge in [-0.3, -0.25) is 0 Å². The second kappa shape index (κ2) is 5.65. The highest BCUT2D eigenvalue weighted by molar-refractivity contribution is 7.89. The maximum Gasteiger partial charge on any atom is 0.241 e. The molecule has 0 radical (unpaired) electrons. The first-order valence-corrected chi connectivity index (χ1v) is 7.28. The molecule has 20 heavy (non-hydrogen) atoms. The van der Waals surface area contributed by atoms with Crippen molar-refractivity contribution in [3.8, 4) is 0 Å². The Hall–Kier alpha value is -1.84. The van der Waals surface area contributed by atoms with Crippen LogP contribution in [0.15, 0.2) is 39.9 Å². The molecule has 1 aromatic heterocycles. The van der Waals surface area contributed by atoms with Crippen molar-refractivity contribution in [2.45, 2.75) is 11.4 Å². The molecular formula is C11H10FN3O3S2. The molecule has 0 saturated heterocycles. The predicted octanol–water partition coefficient (Wildman–Crippen LogP) is 0.926. The molecule has 6 nitrogen and oxygen atoms in total. The SMILES string of the molecule is NC(=S)c1c(F)cccc1S(=O)(=O)NCc1ccno1. The smallest absolute Gasteiger partial charge is 0.241 e. The lowest BCUT2D eigenvalue weighted by atomic mass is 10.2. The molecule has 0 spiro atoms. The van der Waals surface area contributed by atoms with Crippen molar-refractivity contribution < 1.29 is 17.3 Å². The van der Waals surface area contributed by atoms with Gasteiger partial charge in [0.15, 0.2) is 5.76 Å². The normalized spacial score (nSPS) is 11.4. The Labute approximate surface area is 119 Å². The van der Waals surface area contributed by atoms with Crippen molar-refractivity contribution in [1.82, 2.24) is 9.88 Å². The molecule has 0 amide bonds. The molecule has 1 heterocycles. The van der Waals surface area contributed by atoms with Gasteiger partial charge in [-0.15, -0.1) is 0 Å². The quantitative estimate of drug-likeness (QED) is 0.796. The summed E-state index contributed by atoms with van der Waals surface area (Å²) in [6, 6.07) is 5.08. The van der Waals surface area contributed by atoms with Gasteiger partial charge in [-0.1, -0.05) is 23.4 Å². The Morgan fingerprint density at radius 1 is 1.45 bits per heavy atom. The molecule has 0 unspecified atom stereocenters. The van der Waals surface area contributed by atoms with Crippen LogP contribution in [0, 0.1) is 5.82 Å². The maximum atomic E-state index is 13.7. The van der Waals surface area contributed by atoms with Crippen molar-refractivity contribution in [2.75, 3.05) is 0 Å². The molecule has 2 aromatic rings. The number of thiocarbonyl (C=S) groups is 1. The van der Waals surface area contributed by atoms with Crippen LogP contribution < -0.4 is 10.5 Å². The number of nitrogens with zero attached hydrogens (tertiary/aromatic N) is 1. The number of hydrogen-bond donors (Lipinski definition) is 2. The second-order valence-electron chi connectivity index (χ2n) is 3.78. The summed E-state index contributed by atoms with van der Waals surface area (Å²) in [6.07, 6.45) is 1.38. The Morgan fingerprint density at radius 2 is 2.20 bits per heavy atom. The number of rotatable bonds is 5. The van der Waals surface area contributed by atoms with Crippen LogP contribution in [-0.2, 0) is 16.6 Å². The minimum absolute atomic E-state index is 0.115. The van der Waals surface area contributed by atoms with E-state index in [2.05, 4.69) is 22.1 Å². The van der Waals surface area contributed by atoms with Crippen LogP contribution in [-0.4, -0.2) is 18.6 Å². The zero-order valence-electron chi connectivity index (χ0n) is 10.0. The van der Waals surface area contributed by atoms with Gasteiger partial charge in [-0.2, -0.15) is 0 Å². The average Bonchev–Trinajstić information content (AvgIpc) is 2.89. The van der Waals surface area contributed by atoms with Crippen molar-refractivity contribution in [2.24, 2.45) is 5.73 Å². The molecule has 0 saturated carbocycles. The van der Waals surface area contributed by atoms with Gasteiger partial charge in [0, 0.05) is 6.07 Å². The van der Waals surface area contributed by atoms with Gasteiger partial charge in [0.05, 0.1) is 23.2 Å². The lowest BCUT2D eigenvalue weighted by Crippen LogP contribution is -2.26. The average molecular weight is 315 g/mol. The molecule has 0 fully saturated rings. The largest absolute Gasteiger partial charge is 0.389 e. The summed E-state index contributed by atoms with van der Waals surface area (Å²) in [5.41, 5.74) is 5.06. The fourth-order valence-corrected chi connectivity index (χ4v) is 3.04. The van der Waals surface area contributed by atoms with Crippen molar-refractivity contribution in [3.63, 3.8) is 0 Å². The monoisotopic (exact) mass is 315 g/mol. The molecule has 1 aromatic carbocycles. The van der Waals surface area contributed by atoms with E-state index in [9.17, 15) is 12.8 Å². The Kier molecular flexibility index (Phi) is 4.12. The summed E-state index contributed by atoms with van der Waals surface area (Å²) in [5, 5.41) is 3.44. The number of aromatic nitrogens is 1. The number of sulfonamides is 1. The first-order chi connectivity index (χ1) is 9.42. The molecule has 3 N–H and O–H groups in total. The van der Waals surface area contributed by atoms with Gasteiger partial charge in [0.1, 0.15) is 10.8 Å². The maximum absolute atomic E-state index is 13.7. The molecule has 0 aliphatic heterocycles. The standard InChI is InChI=1S/C11H10FN3O3S2/c12-8-2-1-3-9(10(8)11(13)19)20(16,17)15-6-7-4-5-14-18-7/h1-5,15H,6H2,(H2,13,19). The van der Waals surface area contributed by atoms with E-state index in [-0.39, 0.29) is 22.0 Å². The van der Waals surface area contributed by atoms with Crippen LogP contribution in [0.2, 0.25) is 0 Å². The molecule has 2 rings (SSSR count). The predicted molar refractivity (Wildman–Crippen MR) is 72.8 cm³/mol. The first kappa shape index (κ1) is 14.6. The fourth-order valence-electron chi connectivity index (χ4n) is 1.54. The number of nitrogens with one attached hydrogen (secondary N) is 1. The third kappa shape index (κ3) is 3.00. The minimum Gasteiger partial charge on any atom is -0.389 e. The third-order valence-electron chi connectivity index (χ3n) is 2.44. The highest BCUT2D eigenvalue weighted by Crippen LogP contribution is 2.19. The van der Waals surface area contributed by atoms with Gasteiger partial charge in [-0.25, -0.2) is 17.5 Å². The van der Waals surface area contributed by atoms with Crippen LogP contribution in [0.5, 0.6) is 0 Å². The molecule has 0 bridgehead atoms. The topological polar surface area (TPSA) is 98.2 Å². The summed E-state index contributed by atoms with van der Waals surface area (Å²) >= 11 is 4.69. The zero-order chi connectivity index (χ0) is 14.8. The Morgan fingerprint density at radius 3 is 2.80 bits per heavy atom. The molecular weight excluding hydrogens is 305 g/mol. The van der Waals surface area contributed by atoms with E-state index in [1.54, 1.807) is 0 Å². The van der Waals surface area contributed by atoms with E-state index < -0.39 is 15.8 Å².